The number of thioether (sulfide) groups is 1. The van der Waals surface area contributed by atoms with Gasteiger partial charge in [-0.05, 0) is 24.5 Å². The zero-order valence-electron chi connectivity index (χ0n) is 12.7. The van der Waals surface area contributed by atoms with E-state index in [9.17, 15) is 9.59 Å². The number of benzene rings is 1. The fraction of sp³-hybridized carbons (Fsp3) is 0.188. The molecule has 0 N–H and O–H groups in total. The van der Waals surface area contributed by atoms with Crippen LogP contribution in [0.5, 0.6) is 0 Å². The van der Waals surface area contributed by atoms with Crippen molar-refractivity contribution < 1.29 is 4.79 Å². The van der Waals surface area contributed by atoms with Crippen molar-refractivity contribution in [1.29, 1.82) is 0 Å². The zero-order valence-corrected chi connectivity index (χ0v) is 13.5. The Morgan fingerprint density at radius 1 is 1.32 bits per heavy atom. The second-order valence-corrected chi connectivity index (χ2v) is 5.70. The highest BCUT2D eigenvalue weighted by Gasteiger charge is 2.11. The molecule has 0 bridgehead atoms. The summed E-state index contributed by atoms with van der Waals surface area (Å²) in [4.78, 5) is 26.8. The Labute approximate surface area is 133 Å². The molecule has 0 unspecified atom stereocenters. The summed E-state index contributed by atoms with van der Waals surface area (Å²) in [6.07, 6.45) is 6.48. The van der Waals surface area contributed by atoms with Crippen LogP contribution in [0.25, 0.3) is 5.69 Å². The van der Waals surface area contributed by atoms with Crippen molar-refractivity contribution in [2.75, 3.05) is 20.4 Å². The minimum absolute atomic E-state index is 0.0878. The standard InChI is InChI=1S/C16H17N3O2S/c1-18(2)9-7-14(20)16-15(21)8-10-19(17-16)12-5-4-6-13(11-12)22-3/h4-11H,1-3H3. The highest BCUT2D eigenvalue weighted by Crippen LogP contribution is 2.17. The molecule has 114 valence electrons. The first-order valence-electron chi connectivity index (χ1n) is 6.64. The van der Waals surface area contributed by atoms with Crippen LogP contribution < -0.4 is 5.43 Å². The number of allylic oxidation sites excluding steroid dienone is 1. The largest absolute Gasteiger partial charge is 0.383 e. The second kappa shape index (κ2) is 7.09. The van der Waals surface area contributed by atoms with Crippen LogP contribution >= 0.6 is 11.8 Å². The molecule has 0 aliphatic heterocycles. The fourth-order valence-electron chi connectivity index (χ4n) is 1.77. The van der Waals surface area contributed by atoms with Gasteiger partial charge in [0, 0.05) is 43.5 Å². The van der Waals surface area contributed by atoms with Crippen LogP contribution in [0.4, 0.5) is 0 Å². The molecule has 1 heterocycles. The van der Waals surface area contributed by atoms with Gasteiger partial charge in [-0.2, -0.15) is 5.10 Å². The molecule has 1 aromatic carbocycles. The van der Waals surface area contributed by atoms with E-state index in [0.717, 1.165) is 10.6 Å². The molecule has 2 rings (SSSR count). The summed E-state index contributed by atoms with van der Waals surface area (Å²) < 4.78 is 1.54. The van der Waals surface area contributed by atoms with E-state index in [2.05, 4.69) is 5.10 Å². The number of hydrogen-bond donors (Lipinski definition) is 0. The first-order chi connectivity index (χ1) is 10.5. The maximum atomic E-state index is 12.1. The molecule has 0 radical (unpaired) electrons. The molecule has 6 heteroatoms. The van der Waals surface area contributed by atoms with Crippen molar-refractivity contribution in [3.8, 4) is 5.69 Å². The summed E-state index contributed by atoms with van der Waals surface area (Å²) in [6.45, 7) is 0. The molecule has 2 aromatic rings. The molecular weight excluding hydrogens is 298 g/mol. The van der Waals surface area contributed by atoms with Crippen molar-refractivity contribution in [1.82, 2.24) is 14.7 Å². The number of rotatable bonds is 5. The number of nitrogens with zero attached hydrogens (tertiary/aromatic N) is 3. The molecule has 0 saturated heterocycles. The normalized spacial score (nSPS) is 10.9. The Hall–Kier alpha value is -2.34. The summed E-state index contributed by atoms with van der Waals surface area (Å²) >= 11 is 1.62. The topological polar surface area (TPSA) is 55.2 Å². The third-order valence-electron chi connectivity index (χ3n) is 2.88. The third-order valence-corrected chi connectivity index (χ3v) is 3.61. The van der Waals surface area contributed by atoms with Gasteiger partial charge in [-0.15, -0.1) is 11.8 Å². The van der Waals surface area contributed by atoms with Gasteiger partial charge in [0.15, 0.2) is 5.69 Å². The van der Waals surface area contributed by atoms with E-state index in [1.807, 2.05) is 30.5 Å². The van der Waals surface area contributed by atoms with Crippen molar-refractivity contribution >= 4 is 17.5 Å². The highest BCUT2D eigenvalue weighted by molar-refractivity contribution is 7.98. The lowest BCUT2D eigenvalue weighted by Crippen LogP contribution is -2.20. The minimum Gasteiger partial charge on any atom is -0.383 e. The predicted molar refractivity (Wildman–Crippen MR) is 88.8 cm³/mol. The number of ketones is 1. The van der Waals surface area contributed by atoms with E-state index in [1.54, 1.807) is 43.2 Å². The Morgan fingerprint density at radius 2 is 2.09 bits per heavy atom. The van der Waals surface area contributed by atoms with E-state index in [0.29, 0.717) is 0 Å². The van der Waals surface area contributed by atoms with E-state index in [4.69, 9.17) is 0 Å². The Morgan fingerprint density at radius 3 is 2.77 bits per heavy atom. The number of hydrogen-bond acceptors (Lipinski definition) is 5. The fourth-order valence-corrected chi connectivity index (χ4v) is 2.22. The summed E-state index contributed by atoms with van der Waals surface area (Å²) in [7, 11) is 3.60. The van der Waals surface area contributed by atoms with Gasteiger partial charge in [0.2, 0.25) is 11.2 Å². The molecule has 5 nitrogen and oxygen atoms in total. The molecule has 0 aliphatic carbocycles. The molecular formula is C16H17N3O2S. The molecule has 0 aliphatic rings. The Balaban J connectivity index is 2.42. The maximum Gasteiger partial charge on any atom is 0.211 e. The molecule has 0 atom stereocenters. The number of carbonyl (C=O) groups excluding carboxylic acids is 1. The molecule has 22 heavy (non-hydrogen) atoms. The van der Waals surface area contributed by atoms with Gasteiger partial charge in [0.25, 0.3) is 0 Å². The van der Waals surface area contributed by atoms with Crippen LogP contribution in [-0.2, 0) is 0 Å². The van der Waals surface area contributed by atoms with Crippen LogP contribution in [0.3, 0.4) is 0 Å². The summed E-state index contributed by atoms with van der Waals surface area (Å²) in [6, 6.07) is 9.08. The summed E-state index contributed by atoms with van der Waals surface area (Å²) in [5.74, 6) is -0.408. The third kappa shape index (κ3) is 3.85. The van der Waals surface area contributed by atoms with Crippen LogP contribution in [0.15, 0.2) is 58.5 Å². The molecule has 1 aromatic heterocycles. The maximum absolute atomic E-state index is 12.1. The Kier molecular flexibility index (Phi) is 5.16. The lowest BCUT2D eigenvalue weighted by atomic mass is 10.2. The van der Waals surface area contributed by atoms with Crippen LogP contribution in [0, 0.1) is 0 Å². The van der Waals surface area contributed by atoms with Crippen molar-refractivity contribution in [2.24, 2.45) is 0 Å². The number of carbonyl (C=O) groups is 1. The predicted octanol–water partition coefficient (Wildman–Crippen LogP) is 2.21. The van der Waals surface area contributed by atoms with Crippen LogP contribution in [0.2, 0.25) is 0 Å². The second-order valence-electron chi connectivity index (χ2n) is 4.82. The van der Waals surface area contributed by atoms with Gasteiger partial charge in [0.1, 0.15) is 0 Å². The molecule has 0 amide bonds. The van der Waals surface area contributed by atoms with Crippen molar-refractivity contribution in [3.05, 3.63) is 64.7 Å². The molecule has 0 spiro atoms. The lowest BCUT2D eigenvalue weighted by Gasteiger charge is -2.07. The minimum atomic E-state index is -0.408. The zero-order chi connectivity index (χ0) is 16.1. The van der Waals surface area contributed by atoms with Gasteiger partial charge in [-0.1, -0.05) is 6.07 Å². The van der Waals surface area contributed by atoms with Gasteiger partial charge in [-0.25, -0.2) is 4.68 Å². The first kappa shape index (κ1) is 16.0. The summed E-state index contributed by atoms with van der Waals surface area (Å²) in [5.41, 5.74) is 0.332. The molecule has 0 fully saturated rings. The average Bonchev–Trinajstić information content (AvgIpc) is 2.53. The smallest absolute Gasteiger partial charge is 0.211 e. The quantitative estimate of drug-likeness (QED) is 0.481. The van der Waals surface area contributed by atoms with E-state index >= 15 is 0 Å². The van der Waals surface area contributed by atoms with E-state index in [1.165, 1.54) is 16.8 Å². The van der Waals surface area contributed by atoms with E-state index in [-0.39, 0.29) is 11.1 Å². The van der Waals surface area contributed by atoms with Crippen molar-refractivity contribution in [2.45, 2.75) is 4.90 Å². The van der Waals surface area contributed by atoms with Gasteiger partial charge >= 0.3 is 0 Å². The van der Waals surface area contributed by atoms with Crippen molar-refractivity contribution in [3.63, 3.8) is 0 Å². The monoisotopic (exact) mass is 315 g/mol. The lowest BCUT2D eigenvalue weighted by molar-refractivity contribution is 0.103. The SMILES string of the molecule is CSc1cccc(-n2ccc(=O)c(C(=O)C=CN(C)C)n2)c1. The van der Waals surface area contributed by atoms with Crippen LogP contribution in [0.1, 0.15) is 10.5 Å². The Bertz CT molecular complexity index is 766. The van der Waals surface area contributed by atoms with E-state index < -0.39 is 5.78 Å². The number of aromatic nitrogens is 2. The van der Waals surface area contributed by atoms with Gasteiger partial charge < -0.3 is 4.90 Å². The van der Waals surface area contributed by atoms with Gasteiger partial charge in [-0.3, -0.25) is 9.59 Å². The average molecular weight is 315 g/mol. The molecule has 0 saturated carbocycles. The first-order valence-corrected chi connectivity index (χ1v) is 7.87. The van der Waals surface area contributed by atoms with Gasteiger partial charge in [0.05, 0.1) is 5.69 Å². The van der Waals surface area contributed by atoms with Crippen LogP contribution in [-0.4, -0.2) is 40.8 Å². The highest BCUT2D eigenvalue weighted by atomic mass is 32.2. The summed E-state index contributed by atoms with van der Waals surface area (Å²) in [5, 5.41) is 4.17.